The molecule has 4 aliphatic rings. The fraction of sp³-hybridized carbons (Fsp3) is 0.900. The molecule has 3 fully saturated rings. The number of ether oxygens (including phenoxy) is 1. The van der Waals surface area contributed by atoms with Crippen molar-refractivity contribution < 1.29 is 9.53 Å². The highest BCUT2D eigenvalue weighted by molar-refractivity contribution is 5.67. The molecule has 2 heteroatoms. The summed E-state index contributed by atoms with van der Waals surface area (Å²) in [5.74, 6) is 6.92. The van der Waals surface area contributed by atoms with E-state index in [0.29, 0.717) is 16.7 Å². The lowest BCUT2D eigenvalue weighted by Crippen LogP contribution is -2.52. The standard InChI is InChI=1S/C30H50O2/c1-20(2)9-7-10-21(3)26-14-15-27-25-13-12-23-19-24(32-22(4)31)11-8-17-29(23,5)28(25)16-18-30(26,27)6/h11,20-21,23,25-28H,7-10,12-19H2,1-6H3/t21-,23+,25-,26-,27-,28-,29+,30+/m1/s1. The molecule has 0 aromatic heterocycles. The van der Waals surface area contributed by atoms with Gasteiger partial charge in [0.1, 0.15) is 5.76 Å². The second-order valence-electron chi connectivity index (χ2n) is 13.2. The van der Waals surface area contributed by atoms with Crippen molar-refractivity contribution in [2.24, 2.45) is 52.3 Å². The number of carbonyl (C=O) groups excluding carboxylic acids is 1. The number of fused-ring (bicyclic) bond motifs is 5. The van der Waals surface area contributed by atoms with Crippen molar-refractivity contribution in [2.75, 3.05) is 0 Å². The molecule has 0 bridgehead atoms. The van der Waals surface area contributed by atoms with E-state index in [2.05, 4.69) is 40.7 Å². The largest absolute Gasteiger partial charge is 0.432 e. The van der Waals surface area contributed by atoms with Crippen molar-refractivity contribution in [1.29, 1.82) is 0 Å². The first-order chi connectivity index (χ1) is 15.1. The Hall–Kier alpha value is -0.790. The molecule has 182 valence electrons. The molecule has 0 aliphatic heterocycles. The number of rotatable bonds is 6. The van der Waals surface area contributed by atoms with Gasteiger partial charge in [-0.15, -0.1) is 0 Å². The first kappa shape index (κ1) is 24.3. The minimum Gasteiger partial charge on any atom is -0.432 e. The molecule has 0 saturated heterocycles. The average Bonchev–Trinajstić information content (AvgIpc) is 2.97. The molecule has 0 aromatic carbocycles. The molecule has 0 amide bonds. The lowest BCUT2D eigenvalue weighted by atomic mass is 9.45. The number of hydrogen-bond acceptors (Lipinski definition) is 2. The second-order valence-corrected chi connectivity index (χ2v) is 13.2. The lowest BCUT2D eigenvalue weighted by Gasteiger charge is -2.59. The Morgan fingerprint density at radius 3 is 2.47 bits per heavy atom. The zero-order valence-corrected chi connectivity index (χ0v) is 21.9. The van der Waals surface area contributed by atoms with E-state index in [0.717, 1.165) is 54.1 Å². The smallest absolute Gasteiger partial charge is 0.307 e. The molecule has 4 aliphatic carbocycles. The molecular formula is C30H50O2. The Balaban J connectivity index is 1.46. The zero-order chi connectivity index (χ0) is 23.1. The van der Waals surface area contributed by atoms with Crippen LogP contribution in [0.5, 0.6) is 0 Å². The van der Waals surface area contributed by atoms with Gasteiger partial charge in [-0.2, -0.15) is 0 Å². The van der Waals surface area contributed by atoms with Crippen LogP contribution in [0.1, 0.15) is 119 Å². The van der Waals surface area contributed by atoms with Crippen molar-refractivity contribution in [3.63, 3.8) is 0 Å². The predicted octanol–water partition coefficient (Wildman–Crippen LogP) is 8.55. The normalized spacial score (nSPS) is 42.3. The van der Waals surface area contributed by atoms with Crippen LogP contribution in [0.25, 0.3) is 0 Å². The van der Waals surface area contributed by atoms with E-state index in [9.17, 15) is 4.79 Å². The molecule has 4 rings (SSSR count). The Kier molecular flexibility index (Phi) is 7.19. The van der Waals surface area contributed by atoms with Crippen LogP contribution in [-0.2, 0) is 9.53 Å². The summed E-state index contributed by atoms with van der Waals surface area (Å²) in [6.07, 6.45) is 18.4. The van der Waals surface area contributed by atoms with Gasteiger partial charge < -0.3 is 4.74 Å². The molecule has 2 nitrogen and oxygen atoms in total. The van der Waals surface area contributed by atoms with E-state index < -0.39 is 0 Å². The Labute approximate surface area is 198 Å². The molecule has 3 saturated carbocycles. The van der Waals surface area contributed by atoms with Crippen LogP contribution in [0.15, 0.2) is 11.8 Å². The van der Waals surface area contributed by atoms with Gasteiger partial charge in [-0.05, 0) is 110 Å². The third-order valence-corrected chi connectivity index (χ3v) is 11.0. The summed E-state index contributed by atoms with van der Waals surface area (Å²) >= 11 is 0. The maximum Gasteiger partial charge on any atom is 0.307 e. The van der Waals surface area contributed by atoms with E-state index in [1.807, 2.05) is 0 Å². The summed E-state index contributed by atoms with van der Waals surface area (Å²) in [6.45, 7) is 14.2. The SMILES string of the molecule is CC(=O)OC1=CCC[C@@]2(C)[C@@H](CC[C@@H]3[C@H]4CC[C@H]([C@H](C)CCCC(C)C)[C@]4(C)CC[C@H]32)C1. The molecule has 0 radical (unpaired) electrons. The minimum atomic E-state index is -0.151. The lowest BCUT2D eigenvalue weighted by molar-refractivity contribution is -0.138. The van der Waals surface area contributed by atoms with Gasteiger partial charge in [-0.3, -0.25) is 4.79 Å². The fourth-order valence-corrected chi connectivity index (χ4v) is 9.42. The van der Waals surface area contributed by atoms with E-state index in [-0.39, 0.29) is 5.97 Å². The highest BCUT2D eigenvalue weighted by Gasteiger charge is 2.60. The number of esters is 1. The number of allylic oxidation sites excluding steroid dienone is 2. The van der Waals surface area contributed by atoms with E-state index in [1.54, 1.807) is 6.92 Å². The Morgan fingerprint density at radius 2 is 1.75 bits per heavy atom. The molecular weight excluding hydrogens is 392 g/mol. The third kappa shape index (κ3) is 4.46. The van der Waals surface area contributed by atoms with Crippen LogP contribution in [0.2, 0.25) is 0 Å². The molecule has 32 heavy (non-hydrogen) atoms. The van der Waals surface area contributed by atoms with Crippen molar-refractivity contribution in [3.05, 3.63) is 11.8 Å². The molecule has 0 spiro atoms. The highest BCUT2D eigenvalue weighted by atomic mass is 16.5. The van der Waals surface area contributed by atoms with Gasteiger partial charge in [0.2, 0.25) is 0 Å². The second kappa shape index (κ2) is 9.46. The van der Waals surface area contributed by atoms with Crippen LogP contribution < -0.4 is 0 Å². The summed E-state index contributed by atoms with van der Waals surface area (Å²) in [6, 6.07) is 0. The summed E-state index contributed by atoms with van der Waals surface area (Å²) in [5, 5.41) is 0. The quantitative estimate of drug-likeness (QED) is 0.385. The molecule has 0 aromatic rings. The van der Waals surface area contributed by atoms with Crippen molar-refractivity contribution in [2.45, 2.75) is 119 Å². The molecule has 8 atom stereocenters. The summed E-state index contributed by atoms with van der Waals surface area (Å²) in [7, 11) is 0. The van der Waals surface area contributed by atoms with Crippen molar-refractivity contribution >= 4 is 5.97 Å². The fourth-order valence-electron chi connectivity index (χ4n) is 9.42. The first-order valence-corrected chi connectivity index (χ1v) is 14.0. The molecule has 0 heterocycles. The molecule has 0 unspecified atom stereocenters. The van der Waals surface area contributed by atoms with Gasteiger partial charge in [-0.1, -0.05) is 53.9 Å². The van der Waals surface area contributed by atoms with Crippen LogP contribution in [-0.4, -0.2) is 5.97 Å². The number of carbonyl (C=O) groups is 1. The molecule has 0 N–H and O–H groups in total. The van der Waals surface area contributed by atoms with Gasteiger partial charge in [0, 0.05) is 13.3 Å². The third-order valence-electron chi connectivity index (χ3n) is 11.0. The summed E-state index contributed by atoms with van der Waals surface area (Å²) < 4.78 is 5.60. The highest BCUT2D eigenvalue weighted by Crippen LogP contribution is 2.68. The topological polar surface area (TPSA) is 26.3 Å². The first-order valence-electron chi connectivity index (χ1n) is 14.0. The number of hydrogen-bond donors (Lipinski definition) is 0. The average molecular weight is 443 g/mol. The van der Waals surface area contributed by atoms with Gasteiger partial charge in [-0.25, -0.2) is 0 Å². The maximum absolute atomic E-state index is 11.6. The summed E-state index contributed by atoms with van der Waals surface area (Å²) in [4.78, 5) is 11.6. The maximum atomic E-state index is 11.6. The zero-order valence-electron chi connectivity index (χ0n) is 21.9. The van der Waals surface area contributed by atoms with Gasteiger partial charge >= 0.3 is 5.97 Å². The van der Waals surface area contributed by atoms with E-state index >= 15 is 0 Å². The monoisotopic (exact) mass is 442 g/mol. The van der Waals surface area contributed by atoms with Crippen molar-refractivity contribution in [1.82, 2.24) is 0 Å². The van der Waals surface area contributed by atoms with Crippen LogP contribution in [0, 0.1) is 52.3 Å². The van der Waals surface area contributed by atoms with Gasteiger partial charge in [0.25, 0.3) is 0 Å². The van der Waals surface area contributed by atoms with Crippen LogP contribution >= 0.6 is 0 Å². The predicted molar refractivity (Wildman–Crippen MR) is 133 cm³/mol. The summed E-state index contributed by atoms with van der Waals surface area (Å²) in [5.41, 5.74) is 0.997. The van der Waals surface area contributed by atoms with Gasteiger partial charge in [0.05, 0.1) is 0 Å². The van der Waals surface area contributed by atoms with Crippen molar-refractivity contribution in [3.8, 4) is 0 Å². The van der Waals surface area contributed by atoms with Gasteiger partial charge in [0.15, 0.2) is 0 Å². The minimum absolute atomic E-state index is 0.151. The van der Waals surface area contributed by atoms with Crippen LogP contribution in [0.3, 0.4) is 0 Å². The van der Waals surface area contributed by atoms with E-state index in [4.69, 9.17) is 4.74 Å². The van der Waals surface area contributed by atoms with E-state index in [1.165, 1.54) is 64.2 Å². The Morgan fingerprint density at radius 1 is 1.00 bits per heavy atom. The Bertz CT molecular complexity index is 708. The van der Waals surface area contributed by atoms with Crippen LogP contribution in [0.4, 0.5) is 0 Å².